The van der Waals surface area contributed by atoms with E-state index in [9.17, 15) is 4.39 Å². The fourth-order valence-electron chi connectivity index (χ4n) is 1.70. The van der Waals surface area contributed by atoms with Gasteiger partial charge in [-0.1, -0.05) is 0 Å². The Morgan fingerprint density at radius 1 is 1.22 bits per heavy atom. The third kappa shape index (κ3) is 2.77. The highest BCUT2D eigenvalue weighted by atomic mass is 19.1. The van der Waals surface area contributed by atoms with Gasteiger partial charge in [0.05, 0.1) is 12.3 Å². The molecule has 0 amide bonds. The van der Waals surface area contributed by atoms with Crippen LogP contribution in [0.25, 0.3) is 11.1 Å². The zero-order valence-corrected chi connectivity index (χ0v) is 10.4. The Bertz CT molecular complexity index is 555. The summed E-state index contributed by atoms with van der Waals surface area (Å²) in [6.45, 7) is 3.89. The van der Waals surface area contributed by atoms with E-state index in [0.29, 0.717) is 11.4 Å². The Hall–Kier alpha value is -2.10. The number of benzene rings is 1. The molecule has 1 aromatic carbocycles. The predicted molar refractivity (Wildman–Crippen MR) is 69.8 cm³/mol. The Morgan fingerprint density at radius 2 is 2.00 bits per heavy atom. The lowest BCUT2D eigenvalue weighted by Gasteiger charge is -2.11. The van der Waals surface area contributed by atoms with Crippen molar-refractivity contribution in [3.05, 3.63) is 42.5 Å². The van der Waals surface area contributed by atoms with Gasteiger partial charge < -0.3 is 10.5 Å². The normalized spacial score (nSPS) is 10.7. The van der Waals surface area contributed by atoms with Gasteiger partial charge in [-0.3, -0.25) is 4.98 Å². The Balaban J connectivity index is 2.38. The average Bonchev–Trinajstić information content (AvgIpc) is 2.28. The molecule has 1 aromatic heterocycles. The highest BCUT2D eigenvalue weighted by Gasteiger charge is 2.06. The highest BCUT2D eigenvalue weighted by Crippen LogP contribution is 2.28. The number of halogens is 1. The van der Waals surface area contributed by atoms with E-state index in [1.165, 1.54) is 12.1 Å². The molecule has 0 radical (unpaired) electrons. The lowest BCUT2D eigenvalue weighted by molar-refractivity contribution is 0.241. The van der Waals surface area contributed by atoms with E-state index in [1.807, 2.05) is 19.9 Å². The molecule has 2 rings (SSSR count). The Kier molecular flexibility index (Phi) is 3.46. The molecule has 0 saturated heterocycles. The molecule has 0 atom stereocenters. The topological polar surface area (TPSA) is 48.1 Å². The second-order valence-electron chi connectivity index (χ2n) is 4.31. The maximum atomic E-state index is 13.0. The first-order valence-electron chi connectivity index (χ1n) is 5.73. The number of rotatable bonds is 3. The summed E-state index contributed by atoms with van der Waals surface area (Å²) in [5.74, 6) is 0.324. The molecular weight excluding hydrogens is 231 g/mol. The minimum atomic E-state index is -0.348. The smallest absolute Gasteiger partial charge is 0.138 e. The summed E-state index contributed by atoms with van der Waals surface area (Å²) in [5, 5.41) is 0. The van der Waals surface area contributed by atoms with Crippen molar-refractivity contribution in [2.24, 2.45) is 0 Å². The molecule has 0 aliphatic rings. The highest BCUT2D eigenvalue weighted by molar-refractivity contribution is 5.76. The molecule has 0 bridgehead atoms. The standard InChI is InChI=1S/C14H15FN2O/c1-9(2)18-12-5-10(7-17-8-12)13-4-3-11(15)6-14(13)16/h3-9H,16H2,1-2H3. The monoisotopic (exact) mass is 246 g/mol. The Labute approximate surface area is 105 Å². The van der Waals surface area contributed by atoms with Crippen LogP contribution < -0.4 is 10.5 Å². The van der Waals surface area contributed by atoms with E-state index in [2.05, 4.69) is 4.98 Å². The van der Waals surface area contributed by atoms with Gasteiger partial charge in [-0.2, -0.15) is 0 Å². The van der Waals surface area contributed by atoms with Gasteiger partial charge in [-0.25, -0.2) is 4.39 Å². The lowest BCUT2D eigenvalue weighted by atomic mass is 10.1. The summed E-state index contributed by atoms with van der Waals surface area (Å²) >= 11 is 0. The number of aromatic nitrogens is 1. The summed E-state index contributed by atoms with van der Waals surface area (Å²) in [6, 6.07) is 6.16. The minimum Gasteiger partial charge on any atom is -0.489 e. The number of hydrogen-bond acceptors (Lipinski definition) is 3. The van der Waals surface area contributed by atoms with Gasteiger partial charge in [0.2, 0.25) is 0 Å². The zero-order chi connectivity index (χ0) is 13.1. The molecule has 1 heterocycles. The van der Waals surface area contributed by atoms with Gasteiger partial charge >= 0.3 is 0 Å². The van der Waals surface area contributed by atoms with Crippen molar-refractivity contribution in [1.82, 2.24) is 4.98 Å². The van der Waals surface area contributed by atoms with Crippen LogP contribution in [0.2, 0.25) is 0 Å². The summed E-state index contributed by atoms with van der Waals surface area (Å²) in [4.78, 5) is 4.10. The molecule has 94 valence electrons. The molecule has 0 saturated carbocycles. The van der Waals surface area contributed by atoms with Crippen molar-refractivity contribution in [2.75, 3.05) is 5.73 Å². The first-order chi connectivity index (χ1) is 8.56. The van der Waals surface area contributed by atoms with Crippen molar-refractivity contribution >= 4 is 5.69 Å². The SMILES string of the molecule is CC(C)Oc1cncc(-c2ccc(F)cc2N)c1. The predicted octanol–water partition coefficient (Wildman–Crippen LogP) is 3.26. The van der Waals surface area contributed by atoms with E-state index in [-0.39, 0.29) is 11.9 Å². The number of nitrogen functional groups attached to an aromatic ring is 1. The third-order valence-corrected chi connectivity index (χ3v) is 2.41. The van der Waals surface area contributed by atoms with Crippen LogP contribution in [-0.2, 0) is 0 Å². The van der Waals surface area contributed by atoms with Gasteiger partial charge in [-0.15, -0.1) is 0 Å². The van der Waals surface area contributed by atoms with Crippen LogP contribution in [0.5, 0.6) is 5.75 Å². The maximum Gasteiger partial charge on any atom is 0.138 e. The van der Waals surface area contributed by atoms with Crippen molar-refractivity contribution in [3.63, 3.8) is 0 Å². The van der Waals surface area contributed by atoms with Gasteiger partial charge in [0.15, 0.2) is 0 Å². The first kappa shape index (κ1) is 12.4. The minimum absolute atomic E-state index is 0.0765. The molecule has 0 aliphatic carbocycles. The molecule has 4 heteroatoms. The average molecular weight is 246 g/mol. The molecular formula is C14H15FN2O. The van der Waals surface area contributed by atoms with Crippen molar-refractivity contribution in [2.45, 2.75) is 20.0 Å². The fraction of sp³-hybridized carbons (Fsp3) is 0.214. The number of ether oxygens (including phenoxy) is 1. The Morgan fingerprint density at radius 3 is 2.67 bits per heavy atom. The number of nitrogens with two attached hydrogens (primary N) is 1. The summed E-state index contributed by atoms with van der Waals surface area (Å²) in [7, 11) is 0. The van der Waals surface area contributed by atoms with Crippen LogP contribution in [0.3, 0.4) is 0 Å². The largest absolute Gasteiger partial charge is 0.489 e. The van der Waals surface area contributed by atoms with Crippen LogP contribution in [0.15, 0.2) is 36.7 Å². The molecule has 0 unspecified atom stereocenters. The molecule has 0 spiro atoms. The number of hydrogen-bond donors (Lipinski definition) is 1. The summed E-state index contributed by atoms with van der Waals surface area (Å²) in [6.07, 6.45) is 3.40. The van der Waals surface area contributed by atoms with Crippen LogP contribution >= 0.6 is 0 Å². The van der Waals surface area contributed by atoms with Crippen LogP contribution in [0, 0.1) is 5.82 Å². The quantitative estimate of drug-likeness (QED) is 0.845. The second-order valence-corrected chi connectivity index (χ2v) is 4.31. The van der Waals surface area contributed by atoms with E-state index in [1.54, 1.807) is 18.5 Å². The van der Waals surface area contributed by atoms with E-state index in [0.717, 1.165) is 11.1 Å². The van der Waals surface area contributed by atoms with Crippen molar-refractivity contribution in [3.8, 4) is 16.9 Å². The zero-order valence-electron chi connectivity index (χ0n) is 10.4. The van der Waals surface area contributed by atoms with Crippen molar-refractivity contribution in [1.29, 1.82) is 0 Å². The molecule has 18 heavy (non-hydrogen) atoms. The van der Waals surface area contributed by atoms with Gasteiger partial charge in [-0.05, 0) is 38.1 Å². The number of nitrogens with zero attached hydrogens (tertiary/aromatic N) is 1. The van der Waals surface area contributed by atoms with Gasteiger partial charge in [0.25, 0.3) is 0 Å². The fourth-order valence-corrected chi connectivity index (χ4v) is 1.70. The van der Waals surface area contributed by atoms with Gasteiger partial charge in [0, 0.05) is 23.0 Å². The third-order valence-electron chi connectivity index (χ3n) is 2.41. The van der Waals surface area contributed by atoms with E-state index in [4.69, 9.17) is 10.5 Å². The van der Waals surface area contributed by atoms with Crippen LogP contribution in [0.1, 0.15) is 13.8 Å². The van der Waals surface area contributed by atoms with E-state index < -0.39 is 0 Å². The van der Waals surface area contributed by atoms with Crippen LogP contribution in [-0.4, -0.2) is 11.1 Å². The molecule has 0 aliphatic heterocycles. The summed E-state index contributed by atoms with van der Waals surface area (Å²) in [5.41, 5.74) is 7.74. The van der Waals surface area contributed by atoms with Crippen LogP contribution in [0.4, 0.5) is 10.1 Å². The maximum absolute atomic E-state index is 13.0. The molecule has 3 nitrogen and oxygen atoms in total. The second kappa shape index (κ2) is 5.04. The first-order valence-corrected chi connectivity index (χ1v) is 5.73. The lowest BCUT2D eigenvalue weighted by Crippen LogP contribution is -2.05. The summed E-state index contributed by atoms with van der Waals surface area (Å²) < 4.78 is 18.6. The van der Waals surface area contributed by atoms with Gasteiger partial charge in [0.1, 0.15) is 11.6 Å². The van der Waals surface area contributed by atoms with E-state index >= 15 is 0 Å². The molecule has 2 N–H and O–H groups in total. The number of anilines is 1. The number of pyridine rings is 1. The molecule has 2 aromatic rings. The molecule has 0 fully saturated rings. The van der Waals surface area contributed by atoms with Crippen molar-refractivity contribution < 1.29 is 9.13 Å².